The van der Waals surface area contributed by atoms with Crippen molar-refractivity contribution >= 4 is 5.97 Å². The van der Waals surface area contributed by atoms with Gasteiger partial charge in [-0.25, -0.2) is 4.79 Å². The number of nitrogens with one attached hydrogen (secondary N) is 1. The summed E-state index contributed by atoms with van der Waals surface area (Å²) >= 11 is 0. The fraction of sp³-hybridized carbons (Fsp3) is 0.190. The maximum absolute atomic E-state index is 12.5. The van der Waals surface area contributed by atoms with Crippen LogP contribution in [0.15, 0.2) is 54.7 Å². The zero-order chi connectivity index (χ0) is 18.5. The first-order chi connectivity index (χ1) is 12.7. The number of esters is 1. The number of benzene rings is 2. The number of hydrogen-bond acceptors (Lipinski definition) is 4. The second kappa shape index (κ2) is 7.78. The highest BCUT2D eigenvalue weighted by Gasteiger charge is 2.23. The summed E-state index contributed by atoms with van der Waals surface area (Å²) in [6.07, 6.45) is 1.82. The maximum atomic E-state index is 12.5. The standard InChI is InChI=1S/C21H21NO4/c1-4-26-21(23)20-19(16-11-10-15(24-2)12-18(16)25-3)17(13-22-20)14-8-6-5-7-9-14/h5-13,22H,4H2,1-3H3. The van der Waals surface area contributed by atoms with Crippen molar-refractivity contribution < 1.29 is 19.0 Å². The summed E-state index contributed by atoms with van der Waals surface area (Å²) in [6, 6.07) is 15.4. The van der Waals surface area contributed by atoms with E-state index in [2.05, 4.69) is 4.98 Å². The van der Waals surface area contributed by atoms with Gasteiger partial charge < -0.3 is 19.2 Å². The second-order valence-corrected chi connectivity index (χ2v) is 5.61. The largest absolute Gasteiger partial charge is 0.497 e. The Morgan fingerprint density at radius 1 is 1.00 bits per heavy atom. The van der Waals surface area contributed by atoms with E-state index in [1.54, 1.807) is 27.2 Å². The second-order valence-electron chi connectivity index (χ2n) is 5.61. The Kier molecular flexibility index (Phi) is 5.27. The summed E-state index contributed by atoms with van der Waals surface area (Å²) in [5.41, 5.74) is 3.82. The summed E-state index contributed by atoms with van der Waals surface area (Å²) in [6.45, 7) is 2.09. The minimum Gasteiger partial charge on any atom is -0.497 e. The van der Waals surface area contributed by atoms with Crippen molar-refractivity contribution in [1.29, 1.82) is 0 Å². The lowest BCUT2D eigenvalue weighted by atomic mass is 9.96. The van der Waals surface area contributed by atoms with Gasteiger partial charge in [0.05, 0.1) is 20.8 Å². The van der Waals surface area contributed by atoms with Gasteiger partial charge in [0.25, 0.3) is 0 Å². The molecule has 0 unspecified atom stereocenters. The van der Waals surface area contributed by atoms with E-state index >= 15 is 0 Å². The van der Waals surface area contributed by atoms with Crippen LogP contribution in [-0.2, 0) is 4.74 Å². The van der Waals surface area contributed by atoms with E-state index in [1.807, 2.05) is 48.7 Å². The van der Waals surface area contributed by atoms with Crippen molar-refractivity contribution in [2.45, 2.75) is 6.92 Å². The third kappa shape index (κ3) is 3.28. The average Bonchev–Trinajstić information content (AvgIpc) is 3.13. The Balaban J connectivity index is 2.24. The molecule has 2 aromatic carbocycles. The number of aromatic amines is 1. The molecule has 0 aliphatic heterocycles. The lowest BCUT2D eigenvalue weighted by Gasteiger charge is -2.13. The highest BCUT2D eigenvalue weighted by molar-refractivity contribution is 6.02. The summed E-state index contributed by atoms with van der Waals surface area (Å²) in [7, 11) is 3.20. The Morgan fingerprint density at radius 3 is 2.42 bits per heavy atom. The number of hydrogen-bond donors (Lipinski definition) is 1. The molecule has 0 amide bonds. The van der Waals surface area contributed by atoms with Gasteiger partial charge in [-0.2, -0.15) is 0 Å². The maximum Gasteiger partial charge on any atom is 0.355 e. The van der Waals surface area contributed by atoms with E-state index in [1.165, 1.54) is 0 Å². The molecule has 5 nitrogen and oxygen atoms in total. The number of methoxy groups -OCH3 is 2. The fourth-order valence-electron chi connectivity index (χ4n) is 2.92. The van der Waals surface area contributed by atoms with Crippen molar-refractivity contribution in [3.05, 3.63) is 60.4 Å². The van der Waals surface area contributed by atoms with Crippen LogP contribution in [0.4, 0.5) is 0 Å². The summed E-state index contributed by atoms with van der Waals surface area (Å²) < 4.78 is 16.1. The lowest BCUT2D eigenvalue weighted by molar-refractivity contribution is 0.0521. The molecule has 0 aliphatic carbocycles. The van der Waals surface area contributed by atoms with E-state index in [0.717, 1.165) is 22.3 Å². The van der Waals surface area contributed by atoms with E-state index in [0.29, 0.717) is 23.8 Å². The molecule has 26 heavy (non-hydrogen) atoms. The first-order valence-electron chi connectivity index (χ1n) is 8.35. The summed E-state index contributed by atoms with van der Waals surface area (Å²) in [5, 5.41) is 0. The molecule has 134 valence electrons. The number of rotatable bonds is 6. The normalized spacial score (nSPS) is 10.4. The van der Waals surface area contributed by atoms with Gasteiger partial charge in [0.2, 0.25) is 0 Å². The smallest absolute Gasteiger partial charge is 0.355 e. The van der Waals surface area contributed by atoms with Crippen LogP contribution in [0.1, 0.15) is 17.4 Å². The highest BCUT2D eigenvalue weighted by Crippen LogP contribution is 2.41. The number of carbonyl (C=O) groups excluding carboxylic acids is 1. The molecule has 0 bridgehead atoms. The zero-order valence-electron chi connectivity index (χ0n) is 15.0. The fourth-order valence-corrected chi connectivity index (χ4v) is 2.92. The van der Waals surface area contributed by atoms with Gasteiger partial charge in [-0.05, 0) is 24.6 Å². The van der Waals surface area contributed by atoms with E-state index in [9.17, 15) is 4.79 Å². The Labute approximate surface area is 152 Å². The van der Waals surface area contributed by atoms with E-state index in [4.69, 9.17) is 14.2 Å². The lowest BCUT2D eigenvalue weighted by Crippen LogP contribution is -2.07. The third-order valence-electron chi connectivity index (χ3n) is 4.12. The van der Waals surface area contributed by atoms with Crippen LogP contribution >= 0.6 is 0 Å². The SMILES string of the molecule is CCOC(=O)c1[nH]cc(-c2ccccc2)c1-c1ccc(OC)cc1OC. The summed E-state index contributed by atoms with van der Waals surface area (Å²) in [4.78, 5) is 15.6. The topological polar surface area (TPSA) is 60.6 Å². The molecule has 0 spiro atoms. The van der Waals surface area contributed by atoms with Gasteiger partial charge in [0, 0.05) is 29.0 Å². The number of aromatic nitrogens is 1. The van der Waals surface area contributed by atoms with E-state index < -0.39 is 5.97 Å². The molecule has 5 heteroatoms. The van der Waals surface area contributed by atoms with Gasteiger partial charge in [0.15, 0.2) is 0 Å². The van der Waals surface area contributed by atoms with Crippen LogP contribution in [-0.4, -0.2) is 31.8 Å². The van der Waals surface area contributed by atoms with Crippen LogP contribution in [0.25, 0.3) is 22.3 Å². The minimum atomic E-state index is -0.400. The van der Waals surface area contributed by atoms with Crippen LogP contribution < -0.4 is 9.47 Å². The van der Waals surface area contributed by atoms with Crippen molar-refractivity contribution in [1.82, 2.24) is 4.98 Å². The highest BCUT2D eigenvalue weighted by atomic mass is 16.5. The number of H-pyrrole nitrogens is 1. The van der Waals surface area contributed by atoms with Gasteiger partial charge in [-0.3, -0.25) is 0 Å². The van der Waals surface area contributed by atoms with Crippen molar-refractivity contribution in [3.8, 4) is 33.8 Å². The Hall–Kier alpha value is -3.21. The predicted molar refractivity (Wildman–Crippen MR) is 101 cm³/mol. The first-order valence-corrected chi connectivity index (χ1v) is 8.35. The molecule has 1 N–H and O–H groups in total. The van der Waals surface area contributed by atoms with Crippen LogP contribution in [0, 0.1) is 0 Å². The molecule has 0 fully saturated rings. The predicted octanol–water partition coefficient (Wildman–Crippen LogP) is 4.54. The van der Waals surface area contributed by atoms with Gasteiger partial charge in [0.1, 0.15) is 17.2 Å². The van der Waals surface area contributed by atoms with Crippen LogP contribution in [0.5, 0.6) is 11.5 Å². The molecule has 1 heterocycles. The third-order valence-corrected chi connectivity index (χ3v) is 4.12. The molecule has 0 radical (unpaired) electrons. The Morgan fingerprint density at radius 2 is 1.77 bits per heavy atom. The molecular weight excluding hydrogens is 330 g/mol. The minimum absolute atomic E-state index is 0.303. The molecule has 0 atom stereocenters. The number of carbonyl (C=O) groups is 1. The monoisotopic (exact) mass is 351 g/mol. The molecule has 1 aromatic heterocycles. The van der Waals surface area contributed by atoms with Crippen LogP contribution in [0.2, 0.25) is 0 Å². The number of ether oxygens (including phenoxy) is 3. The molecule has 0 aliphatic rings. The Bertz CT molecular complexity index is 900. The van der Waals surface area contributed by atoms with E-state index in [-0.39, 0.29) is 0 Å². The van der Waals surface area contributed by atoms with Crippen molar-refractivity contribution in [2.24, 2.45) is 0 Å². The van der Waals surface area contributed by atoms with Crippen LogP contribution in [0.3, 0.4) is 0 Å². The van der Waals surface area contributed by atoms with Gasteiger partial charge in [-0.15, -0.1) is 0 Å². The van der Waals surface area contributed by atoms with Gasteiger partial charge >= 0.3 is 5.97 Å². The molecular formula is C21H21NO4. The van der Waals surface area contributed by atoms with Crippen molar-refractivity contribution in [2.75, 3.05) is 20.8 Å². The summed E-state index contributed by atoms with van der Waals surface area (Å²) in [5.74, 6) is 0.898. The van der Waals surface area contributed by atoms with Crippen molar-refractivity contribution in [3.63, 3.8) is 0 Å². The molecule has 0 saturated carbocycles. The molecule has 3 rings (SSSR count). The average molecular weight is 351 g/mol. The van der Waals surface area contributed by atoms with Gasteiger partial charge in [-0.1, -0.05) is 30.3 Å². The zero-order valence-corrected chi connectivity index (χ0v) is 15.0. The first kappa shape index (κ1) is 17.6. The quantitative estimate of drug-likeness (QED) is 0.662. The molecule has 3 aromatic rings. The molecule has 0 saturated heterocycles.